The predicted octanol–water partition coefficient (Wildman–Crippen LogP) is 4.74. The molecular weight excluding hydrogens is 775 g/mol. The summed E-state index contributed by atoms with van der Waals surface area (Å²) in [6.45, 7) is 5.15. The van der Waals surface area contributed by atoms with Crippen LogP contribution in [0.3, 0.4) is 0 Å². The molecule has 302 valence electrons. The quantitative estimate of drug-likeness (QED) is 0.270. The van der Waals surface area contributed by atoms with Crippen molar-refractivity contribution >= 4 is 71.6 Å². The Morgan fingerprint density at radius 2 is 1.22 bits per heavy atom. The Bertz CT molecular complexity index is 1950. The molecule has 6 fully saturated rings. The van der Waals surface area contributed by atoms with Crippen LogP contribution in [0.2, 0.25) is 0 Å². The molecule has 4 heterocycles. The van der Waals surface area contributed by atoms with Crippen molar-refractivity contribution in [3.8, 4) is 0 Å². The first-order valence-corrected chi connectivity index (χ1v) is 22.8. The minimum Gasteiger partial charge on any atom is -0.443 e. The van der Waals surface area contributed by atoms with Gasteiger partial charge < -0.3 is 30.3 Å². The summed E-state index contributed by atoms with van der Waals surface area (Å²) in [5, 5.41) is 3.16. The number of nitrogens with two attached hydrogens (primary N) is 1. The molecule has 55 heavy (non-hydrogen) atoms. The molecule has 2 atom stereocenters. The summed E-state index contributed by atoms with van der Waals surface area (Å²) in [6.07, 6.45) is 3.47. The van der Waals surface area contributed by atoms with Gasteiger partial charge in [-0.25, -0.2) is 26.8 Å². The lowest BCUT2D eigenvalue weighted by atomic mass is 10.2. The van der Waals surface area contributed by atoms with Crippen LogP contribution in [-0.4, -0.2) is 113 Å². The Labute approximate surface area is 327 Å². The predicted molar refractivity (Wildman–Crippen MR) is 214 cm³/mol. The summed E-state index contributed by atoms with van der Waals surface area (Å²) in [7, 11) is -5.05. The van der Waals surface area contributed by atoms with Gasteiger partial charge in [0.15, 0.2) is 0 Å². The molecule has 2 amide bonds. The van der Waals surface area contributed by atoms with Crippen LogP contribution in [-0.2, 0) is 28.9 Å². The molecule has 8 rings (SSSR count). The van der Waals surface area contributed by atoms with Crippen LogP contribution in [0.4, 0.5) is 41.1 Å². The Balaban J connectivity index is 0.000000172. The van der Waals surface area contributed by atoms with Crippen molar-refractivity contribution in [3.63, 3.8) is 0 Å². The van der Waals surface area contributed by atoms with Gasteiger partial charge in [0, 0.05) is 81.1 Å². The zero-order chi connectivity index (χ0) is 39.5. The van der Waals surface area contributed by atoms with E-state index < -0.39 is 43.3 Å². The minimum atomic E-state index is -2.53. The Morgan fingerprint density at radius 1 is 0.800 bits per heavy atom. The summed E-state index contributed by atoms with van der Waals surface area (Å²) >= 11 is 5.29. The second-order valence-electron chi connectivity index (χ2n) is 14.9. The van der Waals surface area contributed by atoms with Gasteiger partial charge in [-0.05, 0) is 55.2 Å². The van der Waals surface area contributed by atoms with E-state index in [9.17, 15) is 26.8 Å². The summed E-state index contributed by atoms with van der Waals surface area (Å²) in [6, 6.07) is 9.20. The number of rotatable bonds is 8. The molecule has 5 N–H and O–H groups in total. The second kappa shape index (κ2) is 17.1. The van der Waals surface area contributed by atoms with E-state index in [2.05, 4.69) is 12.2 Å². The number of benzene rings is 2. The highest BCUT2D eigenvalue weighted by molar-refractivity contribution is 7.92. The molecule has 19 heteroatoms. The number of nitrogens with one attached hydrogen (secondary N) is 3. The molecule has 2 saturated carbocycles. The van der Waals surface area contributed by atoms with Crippen molar-refractivity contribution in [3.05, 3.63) is 48.0 Å². The van der Waals surface area contributed by atoms with Crippen LogP contribution in [0.1, 0.15) is 32.6 Å². The van der Waals surface area contributed by atoms with Crippen LogP contribution in [0.5, 0.6) is 0 Å². The largest absolute Gasteiger partial charge is 0.443 e. The van der Waals surface area contributed by atoms with Crippen molar-refractivity contribution in [2.24, 2.45) is 17.6 Å². The van der Waals surface area contributed by atoms with Crippen LogP contribution >= 0.6 is 12.2 Å². The second-order valence-corrected chi connectivity index (χ2v) is 20.2. The van der Waals surface area contributed by atoms with Crippen LogP contribution in [0.15, 0.2) is 36.4 Å². The van der Waals surface area contributed by atoms with Gasteiger partial charge in [-0.15, -0.1) is 0 Å². The molecule has 0 bridgehead atoms. The molecular formula is C36H50F2N8O6S3. The third-order valence-electron chi connectivity index (χ3n) is 10.3. The fourth-order valence-corrected chi connectivity index (χ4v) is 9.13. The number of amides is 2. The highest BCUT2D eigenvalue weighted by Gasteiger charge is 2.35. The number of anilines is 4. The smallest absolute Gasteiger partial charge is 0.414 e. The topological polar surface area (TPSA) is 185 Å². The van der Waals surface area contributed by atoms with Crippen molar-refractivity contribution in [1.29, 1.82) is 9.56 Å². The molecule has 14 nitrogen and oxygen atoms in total. The van der Waals surface area contributed by atoms with E-state index in [1.807, 2.05) is 0 Å². The third-order valence-corrected chi connectivity index (χ3v) is 14.1. The number of thiocarbonyl (C=S) groups is 1. The van der Waals surface area contributed by atoms with Gasteiger partial charge >= 0.3 is 12.2 Å². The molecule has 0 spiro atoms. The normalized spacial score (nSPS) is 24.2. The minimum absolute atomic E-state index is 0.225. The summed E-state index contributed by atoms with van der Waals surface area (Å²) in [5.41, 5.74) is 7.15. The number of ether oxygens (including phenoxy) is 2. The molecule has 4 saturated heterocycles. The van der Waals surface area contributed by atoms with Gasteiger partial charge in [0.05, 0.1) is 47.4 Å². The fourth-order valence-electron chi connectivity index (χ4n) is 6.35. The van der Waals surface area contributed by atoms with E-state index >= 15 is 0 Å². The monoisotopic (exact) mass is 824 g/mol. The summed E-state index contributed by atoms with van der Waals surface area (Å²) in [5.74, 6) is 1.61. The number of carbonyl (C=O) groups excluding carboxylic acids is 2. The maximum absolute atomic E-state index is 14.7. The fraction of sp³-hybridized carbons (Fsp3) is 0.583. The lowest BCUT2D eigenvalue weighted by molar-refractivity contribution is 0.142. The zero-order valence-corrected chi connectivity index (χ0v) is 33.3. The average molecular weight is 825 g/mol. The van der Waals surface area contributed by atoms with Gasteiger partial charge in [0.2, 0.25) is 0 Å². The number of carbonyl (C=O) groups is 2. The Kier molecular flexibility index (Phi) is 12.7. The number of nitrogens with zero attached hydrogens (tertiary/aromatic N) is 4. The van der Waals surface area contributed by atoms with E-state index in [0.717, 1.165) is 23.7 Å². The molecule has 2 aromatic carbocycles. The van der Waals surface area contributed by atoms with Crippen molar-refractivity contribution in [1.82, 2.24) is 5.32 Å². The summed E-state index contributed by atoms with van der Waals surface area (Å²) in [4.78, 5) is 31.2. The number of hydrogen-bond acceptors (Lipinski definition) is 12. The van der Waals surface area contributed by atoms with Crippen molar-refractivity contribution in [2.45, 2.75) is 44.8 Å². The molecule has 2 aliphatic carbocycles. The van der Waals surface area contributed by atoms with Gasteiger partial charge in [-0.2, -0.15) is 0 Å². The van der Waals surface area contributed by atoms with E-state index in [0.29, 0.717) is 74.5 Å². The maximum atomic E-state index is 14.7. The molecule has 0 unspecified atom stereocenters. The standard InChI is InChI=1S/C18H23FN4O3S2.C14H19FN4O3S.C4H8/c19-15-9-13(3-4-16(15)22-5-7-28(20,25)8-6-22)23-11-14(26-18(23)24)10-21-17(27)12-1-2-12;15-12-7-10(19-9-11(8-16)22-14(19)20)1-2-13(12)18-3-5-23(17,21)6-4-18;1-4-2-3-4/h3-4,9,12,14,20H,1-2,5-8,10-11H2,(H,21,27);1-2,7,11,17H,3-6,8-9,16H2;4H,2-3H2,1H3/t14-;11-;/m00./s1. The number of hydrogen-bond donors (Lipinski definition) is 4. The van der Waals surface area contributed by atoms with Crippen LogP contribution in [0.25, 0.3) is 0 Å². The van der Waals surface area contributed by atoms with Crippen LogP contribution < -0.4 is 30.7 Å². The molecule has 0 aromatic heterocycles. The van der Waals surface area contributed by atoms with E-state index in [1.54, 1.807) is 34.1 Å². The van der Waals surface area contributed by atoms with Crippen molar-refractivity contribution in [2.75, 3.05) is 95.0 Å². The van der Waals surface area contributed by atoms with Crippen molar-refractivity contribution < 1.29 is 36.3 Å². The average Bonchev–Trinajstić information content (AvgIpc) is 4.08. The van der Waals surface area contributed by atoms with E-state index in [4.69, 9.17) is 37.0 Å². The molecule has 6 aliphatic rings. The summed E-state index contributed by atoms with van der Waals surface area (Å²) < 4.78 is 78.2. The highest BCUT2D eigenvalue weighted by atomic mass is 32.2. The number of cyclic esters (lactones) is 2. The lowest BCUT2D eigenvalue weighted by Gasteiger charge is -2.30. The molecule has 4 aliphatic heterocycles. The van der Waals surface area contributed by atoms with Gasteiger partial charge in [-0.1, -0.05) is 32.0 Å². The van der Waals surface area contributed by atoms with E-state index in [-0.39, 0.29) is 41.8 Å². The maximum Gasteiger partial charge on any atom is 0.414 e. The van der Waals surface area contributed by atoms with Gasteiger partial charge in [0.1, 0.15) is 23.8 Å². The van der Waals surface area contributed by atoms with Gasteiger partial charge in [0.25, 0.3) is 0 Å². The molecule has 0 radical (unpaired) electrons. The van der Waals surface area contributed by atoms with Gasteiger partial charge in [-0.3, -0.25) is 19.4 Å². The Morgan fingerprint density at radius 3 is 1.58 bits per heavy atom. The molecule has 2 aromatic rings. The SMILES string of the molecule is CC1CC1.N=S1(=O)CCN(c2ccc(N3C[C@H](CN)OC3=O)cc2F)CC1.N=S1(=O)CCN(c2ccc(N3C[C@H](CNC(=S)C4CC4)OC3=O)cc2F)CC1. The van der Waals surface area contributed by atoms with Crippen LogP contribution in [0, 0.1) is 33.0 Å². The first-order valence-electron chi connectivity index (χ1n) is 18.6. The highest BCUT2D eigenvalue weighted by Crippen LogP contribution is 2.32. The zero-order valence-electron chi connectivity index (χ0n) is 30.9. The van der Waals surface area contributed by atoms with E-state index in [1.165, 1.54) is 34.8 Å². The lowest BCUT2D eigenvalue weighted by Crippen LogP contribution is -2.40. The third kappa shape index (κ3) is 10.9. The Hall–Kier alpha value is -3.81. The first kappa shape index (κ1) is 40.8. The number of halogens is 2. The first-order chi connectivity index (χ1) is 26.1.